The molecule has 3 nitrogen and oxygen atoms in total. The van der Waals surface area contributed by atoms with E-state index in [1.807, 2.05) is 36.4 Å². The van der Waals surface area contributed by atoms with Gasteiger partial charge in [0.25, 0.3) is 5.91 Å². The summed E-state index contributed by atoms with van der Waals surface area (Å²) in [6, 6.07) is 16.0. The number of aliphatic hydroxyl groups is 1. The fraction of sp³-hybridized carbons (Fsp3) is 0.190. The maximum Gasteiger partial charge on any atom is 0.261 e. The number of hydrogen-bond donors (Lipinski definition) is 1. The zero-order chi connectivity index (χ0) is 16.7. The van der Waals surface area contributed by atoms with E-state index in [0.717, 1.165) is 39.9 Å². The smallest absolute Gasteiger partial charge is 0.261 e. The van der Waals surface area contributed by atoms with E-state index in [-0.39, 0.29) is 11.8 Å². The standard InChI is InChI=1S/C21H19NO2/c1-2-3-11-22-19(23)13-18-16-9-5-4-7-14(16)12-15-8-6-10-17(20(15)18)21(22)24/h4-10,12-13,23H,2-3,11H2,1H3. The second-order valence-electron chi connectivity index (χ2n) is 6.23. The van der Waals surface area contributed by atoms with E-state index in [0.29, 0.717) is 12.1 Å². The first-order chi connectivity index (χ1) is 11.7. The summed E-state index contributed by atoms with van der Waals surface area (Å²) in [7, 11) is 0. The van der Waals surface area contributed by atoms with E-state index in [2.05, 4.69) is 19.1 Å². The first kappa shape index (κ1) is 14.8. The number of carbonyl (C=O) groups excluding carboxylic acids is 1. The molecule has 0 fully saturated rings. The van der Waals surface area contributed by atoms with Crippen molar-refractivity contribution in [1.29, 1.82) is 0 Å². The predicted octanol–water partition coefficient (Wildman–Crippen LogP) is 5.11. The van der Waals surface area contributed by atoms with Gasteiger partial charge in [-0.15, -0.1) is 0 Å². The number of aliphatic hydroxyl groups excluding tert-OH is 1. The number of benzene rings is 3. The van der Waals surface area contributed by atoms with E-state index in [1.54, 1.807) is 6.08 Å². The van der Waals surface area contributed by atoms with E-state index < -0.39 is 0 Å². The molecule has 0 bridgehead atoms. The summed E-state index contributed by atoms with van der Waals surface area (Å²) >= 11 is 0. The highest BCUT2D eigenvalue weighted by molar-refractivity contribution is 6.17. The quantitative estimate of drug-likeness (QED) is 0.682. The van der Waals surface area contributed by atoms with Crippen molar-refractivity contribution in [1.82, 2.24) is 4.90 Å². The van der Waals surface area contributed by atoms with Crippen LogP contribution < -0.4 is 0 Å². The molecule has 0 aliphatic carbocycles. The number of hydrogen-bond acceptors (Lipinski definition) is 2. The Hall–Kier alpha value is -2.81. The molecule has 1 aliphatic rings. The summed E-state index contributed by atoms with van der Waals surface area (Å²) < 4.78 is 0. The molecule has 120 valence electrons. The predicted molar refractivity (Wildman–Crippen MR) is 98.0 cm³/mol. The lowest BCUT2D eigenvalue weighted by molar-refractivity contribution is 0.0733. The summed E-state index contributed by atoms with van der Waals surface area (Å²) in [6.45, 7) is 2.60. The van der Waals surface area contributed by atoms with Crippen molar-refractivity contribution in [3.8, 4) is 0 Å². The molecular formula is C21H19NO2. The molecular weight excluding hydrogens is 298 g/mol. The van der Waals surface area contributed by atoms with E-state index in [4.69, 9.17) is 0 Å². The largest absolute Gasteiger partial charge is 0.494 e. The topological polar surface area (TPSA) is 40.5 Å². The Morgan fingerprint density at radius 3 is 2.67 bits per heavy atom. The monoisotopic (exact) mass is 317 g/mol. The number of unbranched alkanes of at least 4 members (excludes halogenated alkanes) is 1. The van der Waals surface area contributed by atoms with Crippen molar-refractivity contribution in [3.05, 3.63) is 65.5 Å². The van der Waals surface area contributed by atoms with Gasteiger partial charge >= 0.3 is 0 Å². The Kier molecular flexibility index (Phi) is 3.49. The van der Waals surface area contributed by atoms with Gasteiger partial charge in [0.15, 0.2) is 5.88 Å². The summed E-state index contributed by atoms with van der Waals surface area (Å²) in [5.74, 6) is -0.0980. The Bertz CT molecular complexity index is 988. The molecule has 4 rings (SSSR count). The third kappa shape index (κ3) is 2.16. The first-order valence-electron chi connectivity index (χ1n) is 8.37. The Balaban J connectivity index is 2.08. The Labute approximate surface area is 140 Å². The van der Waals surface area contributed by atoms with E-state index >= 15 is 0 Å². The minimum atomic E-state index is -0.128. The second kappa shape index (κ2) is 5.68. The van der Waals surface area contributed by atoms with Crippen LogP contribution in [-0.2, 0) is 0 Å². The average molecular weight is 317 g/mol. The number of carbonyl (C=O) groups is 1. The van der Waals surface area contributed by atoms with Crippen LogP contribution in [0.5, 0.6) is 0 Å². The zero-order valence-electron chi connectivity index (χ0n) is 13.6. The summed E-state index contributed by atoms with van der Waals surface area (Å²) in [5.41, 5.74) is 1.58. The van der Waals surface area contributed by atoms with Crippen LogP contribution in [0.3, 0.4) is 0 Å². The van der Waals surface area contributed by atoms with Crippen LogP contribution in [0.25, 0.3) is 27.6 Å². The highest BCUT2D eigenvalue weighted by Crippen LogP contribution is 2.35. The van der Waals surface area contributed by atoms with Crippen molar-refractivity contribution in [3.63, 3.8) is 0 Å². The molecule has 0 aromatic heterocycles. The van der Waals surface area contributed by atoms with Crippen LogP contribution in [0, 0.1) is 0 Å². The molecule has 0 spiro atoms. The summed E-state index contributed by atoms with van der Waals surface area (Å²) in [4.78, 5) is 14.5. The van der Waals surface area contributed by atoms with Gasteiger partial charge in [-0.05, 0) is 40.3 Å². The van der Waals surface area contributed by atoms with Crippen molar-refractivity contribution >= 4 is 33.5 Å². The molecule has 1 amide bonds. The molecule has 3 heteroatoms. The van der Waals surface area contributed by atoms with Crippen LogP contribution in [0.15, 0.2) is 54.4 Å². The molecule has 0 saturated heterocycles. The maximum absolute atomic E-state index is 13.0. The van der Waals surface area contributed by atoms with Crippen LogP contribution in [0.4, 0.5) is 0 Å². The van der Waals surface area contributed by atoms with E-state index in [1.165, 1.54) is 4.90 Å². The van der Waals surface area contributed by atoms with Gasteiger partial charge in [-0.1, -0.05) is 49.7 Å². The Morgan fingerprint density at radius 2 is 1.83 bits per heavy atom. The number of fused-ring (bicyclic) bond motifs is 2. The van der Waals surface area contributed by atoms with Gasteiger partial charge in [-0.2, -0.15) is 0 Å². The first-order valence-corrected chi connectivity index (χ1v) is 8.37. The second-order valence-corrected chi connectivity index (χ2v) is 6.23. The van der Waals surface area contributed by atoms with E-state index in [9.17, 15) is 9.90 Å². The van der Waals surface area contributed by atoms with Gasteiger partial charge in [-0.3, -0.25) is 9.69 Å². The van der Waals surface area contributed by atoms with Gasteiger partial charge in [0.05, 0.1) is 0 Å². The number of amides is 1. The summed E-state index contributed by atoms with van der Waals surface area (Å²) in [6.07, 6.45) is 3.57. The van der Waals surface area contributed by atoms with Crippen molar-refractivity contribution in [2.24, 2.45) is 0 Å². The minimum Gasteiger partial charge on any atom is -0.494 e. The van der Waals surface area contributed by atoms with Crippen molar-refractivity contribution in [2.45, 2.75) is 19.8 Å². The highest BCUT2D eigenvalue weighted by Gasteiger charge is 2.26. The van der Waals surface area contributed by atoms with Crippen LogP contribution in [-0.4, -0.2) is 22.5 Å². The molecule has 1 heterocycles. The fourth-order valence-electron chi connectivity index (χ4n) is 3.48. The lowest BCUT2D eigenvalue weighted by atomic mass is 9.93. The highest BCUT2D eigenvalue weighted by atomic mass is 16.3. The molecule has 0 unspecified atom stereocenters. The molecule has 3 aromatic rings. The van der Waals surface area contributed by atoms with Gasteiger partial charge in [0, 0.05) is 23.6 Å². The molecule has 0 radical (unpaired) electrons. The molecule has 0 saturated carbocycles. The molecule has 1 N–H and O–H groups in total. The van der Waals surface area contributed by atoms with Crippen LogP contribution in [0.2, 0.25) is 0 Å². The van der Waals surface area contributed by atoms with Gasteiger partial charge in [-0.25, -0.2) is 0 Å². The molecule has 3 aromatic carbocycles. The Morgan fingerprint density at radius 1 is 1.04 bits per heavy atom. The third-order valence-corrected chi connectivity index (χ3v) is 4.69. The lowest BCUT2D eigenvalue weighted by Crippen LogP contribution is -2.30. The number of nitrogens with zero attached hydrogens (tertiary/aromatic N) is 1. The SMILES string of the molecule is CCCCN1C(=O)c2cccc3cc4ccccc4c(c23)C=C1O. The maximum atomic E-state index is 13.0. The summed E-state index contributed by atoms with van der Waals surface area (Å²) in [5, 5.41) is 14.7. The molecule has 24 heavy (non-hydrogen) atoms. The molecule has 0 atom stereocenters. The normalized spacial score (nSPS) is 14.1. The van der Waals surface area contributed by atoms with Crippen LogP contribution in [0.1, 0.15) is 35.7 Å². The van der Waals surface area contributed by atoms with Gasteiger partial charge in [0.1, 0.15) is 0 Å². The minimum absolute atomic E-state index is 0.0299. The lowest BCUT2D eigenvalue weighted by Gasteiger charge is -2.20. The van der Waals surface area contributed by atoms with Crippen molar-refractivity contribution in [2.75, 3.05) is 6.54 Å². The van der Waals surface area contributed by atoms with Gasteiger partial charge in [0.2, 0.25) is 0 Å². The number of rotatable bonds is 3. The van der Waals surface area contributed by atoms with Crippen molar-refractivity contribution < 1.29 is 9.90 Å². The van der Waals surface area contributed by atoms with Gasteiger partial charge < -0.3 is 5.11 Å². The average Bonchev–Trinajstić information content (AvgIpc) is 2.70. The zero-order valence-corrected chi connectivity index (χ0v) is 13.6. The van der Waals surface area contributed by atoms with Crippen LogP contribution >= 0.6 is 0 Å². The molecule has 1 aliphatic heterocycles. The fourth-order valence-corrected chi connectivity index (χ4v) is 3.48. The third-order valence-electron chi connectivity index (χ3n) is 4.69.